The van der Waals surface area contributed by atoms with Gasteiger partial charge in [-0.3, -0.25) is 4.90 Å². The Morgan fingerprint density at radius 1 is 1.00 bits per heavy atom. The summed E-state index contributed by atoms with van der Waals surface area (Å²) in [6.07, 6.45) is 1.01. The average molecular weight is 367 g/mol. The molecule has 0 aromatic heterocycles. The topological polar surface area (TPSA) is 44.8 Å². The number of urea groups is 1. The van der Waals surface area contributed by atoms with Crippen molar-refractivity contribution in [1.82, 2.24) is 9.80 Å². The van der Waals surface area contributed by atoms with Gasteiger partial charge < -0.3 is 15.0 Å². The number of amides is 2. The van der Waals surface area contributed by atoms with Crippen molar-refractivity contribution >= 4 is 11.7 Å². The number of benzene rings is 2. The normalized spacial score (nSPS) is 14.9. The molecule has 144 valence electrons. The van der Waals surface area contributed by atoms with Gasteiger partial charge in [-0.2, -0.15) is 0 Å². The molecule has 1 N–H and O–H groups in total. The van der Waals surface area contributed by atoms with E-state index in [4.69, 9.17) is 4.74 Å². The van der Waals surface area contributed by atoms with E-state index in [0.29, 0.717) is 0 Å². The second-order valence-corrected chi connectivity index (χ2v) is 7.12. The SMILES string of the molecule is COc1ccc(CCN2CCN(C(=O)Nc3c(C)cccc3C)CC2)cc1. The second-order valence-electron chi connectivity index (χ2n) is 7.12. The number of nitrogens with one attached hydrogen (secondary N) is 1. The molecule has 0 atom stereocenters. The lowest BCUT2D eigenvalue weighted by Crippen LogP contribution is -2.50. The molecule has 5 heteroatoms. The highest BCUT2D eigenvalue weighted by molar-refractivity contribution is 5.91. The minimum Gasteiger partial charge on any atom is -0.497 e. The molecule has 2 amide bonds. The van der Waals surface area contributed by atoms with Crippen molar-refractivity contribution in [1.29, 1.82) is 0 Å². The lowest BCUT2D eigenvalue weighted by molar-refractivity contribution is 0.148. The molecule has 0 spiro atoms. The Bertz CT molecular complexity index is 745. The summed E-state index contributed by atoms with van der Waals surface area (Å²) in [7, 11) is 1.69. The zero-order chi connectivity index (χ0) is 19.2. The van der Waals surface area contributed by atoms with Gasteiger partial charge in [0, 0.05) is 38.4 Å². The lowest BCUT2D eigenvalue weighted by Gasteiger charge is -2.35. The fourth-order valence-corrected chi connectivity index (χ4v) is 3.45. The predicted molar refractivity (Wildman–Crippen MR) is 110 cm³/mol. The van der Waals surface area contributed by atoms with Gasteiger partial charge in [0.2, 0.25) is 0 Å². The number of hydrogen-bond donors (Lipinski definition) is 1. The van der Waals surface area contributed by atoms with E-state index < -0.39 is 0 Å². The molecule has 1 aliphatic heterocycles. The Balaban J connectivity index is 1.46. The van der Waals surface area contributed by atoms with Gasteiger partial charge in [0.1, 0.15) is 5.75 Å². The summed E-state index contributed by atoms with van der Waals surface area (Å²) in [5.74, 6) is 0.891. The fraction of sp³-hybridized carbons (Fsp3) is 0.409. The number of carbonyl (C=O) groups excluding carboxylic acids is 1. The third kappa shape index (κ3) is 5.01. The minimum atomic E-state index is 0.00204. The van der Waals surface area contributed by atoms with Gasteiger partial charge in [-0.25, -0.2) is 4.79 Å². The number of piperazine rings is 1. The summed E-state index contributed by atoms with van der Waals surface area (Å²) in [6.45, 7) is 8.42. The van der Waals surface area contributed by atoms with Gasteiger partial charge in [0.25, 0.3) is 0 Å². The molecule has 0 radical (unpaired) electrons. The molecule has 1 fully saturated rings. The van der Waals surface area contributed by atoms with Gasteiger partial charge in [0.15, 0.2) is 0 Å². The van der Waals surface area contributed by atoms with Crippen LogP contribution in [0.5, 0.6) is 5.75 Å². The van der Waals surface area contributed by atoms with Crippen LogP contribution in [0.1, 0.15) is 16.7 Å². The molecule has 1 heterocycles. The Morgan fingerprint density at radius 3 is 2.22 bits per heavy atom. The largest absolute Gasteiger partial charge is 0.497 e. The maximum absolute atomic E-state index is 12.6. The molecule has 5 nitrogen and oxygen atoms in total. The maximum atomic E-state index is 12.6. The van der Waals surface area contributed by atoms with E-state index in [1.165, 1.54) is 5.56 Å². The molecular formula is C22H29N3O2. The first kappa shape index (κ1) is 19.2. The maximum Gasteiger partial charge on any atom is 0.321 e. The van der Waals surface area contributed by atoms with Crippen LogP contribution in [0, 0.1) is 13.8 Å². The van der Waals surface area contributed by atoms with Crippen LogP contribution in [0.4, 0.5) is 10.5 Å². The third-order valence-corrected chi connectivity index (χ3v) is 5.25. The Morgan fingerprint density at radius 2 is 1.63 bits per heavy atom. The smallest absolute Gasteiger partial charge is 0.321 e. The van der Waals surface area contributed by atoms with E-state index in [-0.39, 0.29) is 6.03 Å². The number of nitrogens with zero attached hydrogens (tertiary/aromatic N) is 2. The van der Waals surface area contributed by atoms with Crippen molar-refractivity contribution in [2.75, 3.05) is 45.2 Å². The molecule has 0 aliphatic carbocycles. The molecule has 3 rings (SSSR count). The predicted octanol–water partition coefficient (Wildman–Crippen LogP) is 3.70. The molecular weight excluding hydrogens is 338 g/mol. The quantitative estimate of drug-likeness (QED) is 0.876. The third-order valence-electron chi connectivity index (χ3n) is 5.25. The number of ether oxygens (including phenoxy) is 1. The number of anilines is 1. The minimum absolute atomic E-state index is 0.00204. The van der Waals surface area contributed by atoms with Crippen molar-refractivity contribution in [3.8, 4) is 5.75 Å². The number of hydrogen-bond acceptors (Lipinski definition) is 3. The fourth-order valence-electron chi connectivity index (χ4n) is 3.45. The van der Waals surface area contributed by atoms with Crippen LogP contribution < -0.4 is 10.1 Å². The number of rotatable bonds is 5. The molecule has 0 unspecified atom stereocenters. The number of carbonyl (C=O) groups is 1. The van der Waals surface area contributed by atoms with Gasteiger partial charge in [0.05, 0.1) is 7.11 Å². The molecule has 27 heavy (non-hydrogen) atoms. The highest BCUT2D eigenvalue weighted by atomic mass is 16.5. The summed E-state index contributed by atoms with van der Waals surface area (Å²) in [5, 5.41) is 3.09. The number of para-hydroxylation sites is 1. The van der Waals surface area contributed by atoms with E-state index in [2.05, 4.69) is 22.3 Å². The van der Waals surface area contributed by atoms with Crippen LogP contribution in [0.2, 0.25) is 0 Å². The summed E-state index contributed by atoms with van der Waals surface area (Å²) in [6, 6.07) is 14.3. The van der Waals surface area contributed by atoms with Crippen LogP contribution in [0.15, 0.2) is 42.5 Å². The van der Waals surface area contributed by atoms with Crippen LogP contribution >= 0.6 is 0 Å². The highest BCUT2D eigenvalue weighted by Crippen LogP contribution is 2.20. The average Bonchev–Trinajstić information content (AvgIpc) is 2.70. The molecule has 1 saturated heterocycles. The highest BCUT2D eigenvalue weighted by Gasteiger charge is 2.21. The van der Waals surface area contributed by atoms with Crippen molar-refractivity contribution in [2.24, 2.45) is 0 Å². The zero-order valence-corrected chi connectivity index (χ0v) is 16.5. The van der Waals surface area contributed by atoms with Gasteiger partial charge in [-0.1, -0.05) is 30.3 Å². The van der Waals surface area contributed by atoms with Crippen LogP contribution in [0.3, 0.4) is 0 Å². The Kier molecular flexibility index (Phi) is 6.35. The van der Waals surface area contributed by atoms with E-state index in [9.17, 15) is 4.79 Å². The van der Waals surface area contributed by atoms with Crippen molar-refractivity contribution in [3.63, 3.8) is 0 Å². The number of aryl methyl sites for hydroxylation is 2. The summed E-state index contributed by atoms with van der Waals surface area (Å²) >= 11 is 0. The van der Waals surface area contributed by atoms with E-state index in [0.717, 1.165) is 61.7 Å². The summed E-state index contributed by atoms with van der Waals surface area (Å²) in [4.78, 5) is 16.9. The van der Waals surface area contributed by atoms with Gasteiger partial charge >= 0.3 is 6.03 Å². The van der Waals surface area contributed by atoms with Gasteiger partial charge in [-0.15, -0.1) is 0 Å². The van der Waals surface area contributed by atoms with Crippen molar-refractivity contribution in [2.45, 2.75) is 20.3 Å². The molecule has 2 aromatic rings. The van der Waals surface area contributed by atoms with E-state index >= 15 is 0 Å². The van der Waals surface area contributed by atoms with E-state index in [1.54, 1.807) is 7.11 Å². The summed E-state index contributed by atoms with van der Waals surface area (Å²) in [5.41, 5.74) is 4.44. The Labute approximate surface area is 161 Å². The Hall–Kier alpha value is -2.53. The first-order valence-electron chi connectivity index (χ1n) is 9.54. The molecule has 0 bridgehead atoms. The molecule has 2 aromatic carbocycles. The van der Waals surface area contributed by atoms with Crippen LogP contribution in [-0.2, 0) is 6.42 Å². The first-order valence-corrected chi connectivity index (χ1v) is 9.54. The molecule has 0 saturated carbocycles. The van der Waals surface area contributed by atoms with Gasteiger partial charge in [-0.05, 0) is 49.1 Å². The first-order chi connectivity index (χ1) is 13.1. The van der Waals surface area contributed by atoms with Crippen LogP contribution in [-0.4, -0.2) is 55.7 Å². The lowest BCUT2D eigenvalue weighted by atomic mass is 10.1. The second kappa shape index (κ2) is 8.91. The van der Waals surface area contributed by atoms with Crippen LogP contribution in [0.25, 0.3) is 0 Å². The monoisotopic (exact) mass is 367 g/mol. The molecule has 1 aliphatic rings. The summed E-state index contributed by atoms with van der Waals surface area (Å²) < 4.78 is 5.20. The standard InChI is InChI=1S/C22H29N3O2/c1-17-5-4-6-18(2)21(17)23-22(26)25-15-13-24(14-16-25)12-11-19-7-9-20(27-3)10-8-19/h4-10H,11-16H2,1-3H3,(H,23,26). The van der Waals surface area contributed by atoms with E-state index in [1.807, 2.05) is 49.1 Å². The van der Waals surface area contributed by atoms with Crippen molar-refractivity contribution < 1.29 is 9.53 Å². The van der Waals surface area contributed by atoms with Crippen molar-refractivity contribution in [3.05, 3.63) is 59.2 Å². The number of methoxy groups -OCH3 is 1. The zero-order valence-electron chi connectivity index (χ0n) is 16.5.